The molecule has 2 unspecified atom stereocenters. The molecule has 0 spiro atoms. The molecule has 71 heavy (non-hydrogen) atoms. The fourth-order valence-electron chi connectivity index (χ4n) is 7.47. The molecule has 25 nitrogen and oxygen atoms in total. The van der Waals surface area contributed by atoms with Gasteiger partial charge in [0.05, 0.1) is 29.9 Å². The van der Waals surface area contributed by atoms with E-state index in [0.29, 0.717) is 52.7 Å². The van der Waals surface area contributed by atoms with Crippen molar-refractivity contribution in [2.24, 2.45) is 0 Å². The smallest absolute Gasteiger partial charge is 0.478 e. The lowest BCUT2D eigenvalue weighted by Gasteiger charge is -2.19. The Morgan fingerprint density at radius 2 is 1.66 bits per heavy atom. The van der Waals surface area contributed by atoms with Crippen molar-refractivity contribution in [3.05, 3.63) is 110 Å². The maximum Gasteiger partial charge on any atom is 0.490 e. The number of carbonyl (C=O) groups excluding carboxylic acids is 2. The molecule has 0 saturated carbocycles. The monoisotopic (exact) mass is 1050 g/mol. The molecule has 1 aliphatic carbocycles. The first-order valence-electron chi connectivity index (χ1n) is 21.6. The number of rotatable bonds is 21. The maximum absolute atomic E-state index is 13.2. The van der Waals surface area contributed by atoms with Crippen LogP contribution in [0.4, 0.5) is 5.69 Å². The lowest BCUT2D eigenvalue weighted by atomic mass is 9.89. The van der Waals surface area contributed by atoms with Crippen LogP contribution in [0.3, 0.4) is 0 Å². The molecule has 0 bridgehead atoms. The van der Waals surface area contributed by atoms with Crippen molar-refractivity contribution in [1.82, 2.24) is 24.8 Å². The Hall–Kier alpha value is -5.91. The Balaban J connectivity index is 0.977. The first-order valence-corrected chi connectivity index (χ1v) is 26.1. The molecule has 5 atom stereocenters. The van der Waals surface area contributed by atoms with Crippen LogP contribution < -0.4 is 36.7 Å². The number of nitrogens with one attached hydrogen (secondary N) is 3. The van der Waals surface area contributed by atoms with Gasteiger partial charge in [-0.3, -0.25) is 28.5 Å². The summed E-state index contributed by atoms with van der Waals surface area (Å²) < 4.78 is 61.0. The number of aliphatic hydroxyl groups is 1. The zero-order valence-electron chi connectivity index (χ0n) is 38.5. The van der Waals surface area contributed by atoms with Crippen LogP contribution in [0.5, 0.6) is 0 Å². The van der Waals surface area contributed by atoms with Crippen LogP contribution in [0.2, 0.25) is 0 Å². The third-order valence-electron chi connectivity index (χ3n) is 10.9. The molecule has 1 saturated heterocycles. The van der Waals surface area contributed by atoms with Gasteiger partial charge < -0.3 is 54.5 Å². The number of nitrogens with zero attached hydrogens (tertiary/aromatic N) is 3. The maximum atomic E-state index is 13.2. The van der Waals surface area contributed by atoms with E-state index < -0.39 is 71.6 Å². The first-order chi connectivity index (χ1) is 33.3. The van der Waals surface area contributed by atoms with Gasteiger partial charge >= 0.3 is 35.1 Å². The lowest BCUT2D eigenvalue weighted by molar-refractivity contribution is -0.121. The van der Waals surface area contributed by atoms with E-state index in [0.717, 1.165) is 21.8 Å². The second kappa shape index (κ2) is 22.7. The van der Waals surface area contributed by atoms with Crippen molar-refractivity contribution in [3.8, 4) is 22.5 Å². The minimum atomic E-state index is -5.79. The number of benzene rings is 3. The Morgan fingerprint density at radius 1 is 0.930 bits per heavy atom. The number of unbranched alkanes of at least 4 members (excludes halogenated alkanes) is 2. The first kappa shape index (κ1) is 54.4. The number of carbonyl (C=O) groups is 3. The number of ether oxygens (including phenoxy) is 1. The van der Waals surface area contributed by atoms with E-state index in [-0.39, 0.29) is 48.5 Å². The summed E-state index contributed by atoms with van der Waals surface area (Å²) >= 11 is 0. The van der Waals surface area contributed by atoms with Crippen molar-refractivity contribution >= 4 is 64.0 Å². The number of aromatic carboxylic acids is 1. The number of fused-ring (bicyclic) bond motifs is 2. The zero-order chi connectivity index (χ0) is 52.0. The Bertz CT molecular complexity index is 3180. The molecule has 1 fully saturated rings. The molecule has 3 heterocycles. The molecule has 0 radical (unpaired) electrons. The second-order valence-electron chi connectivity index (χ2n) is 16.5. The molecule has 3 aromatic rings. The molecule has 28 heteroatoms. The molecular formula is C43H52N6O19P3+. The number of hydrogen-bond donors (Lipinski definition) is 9. The molecule has 3 aliphatic rings. The molecule has 6 rings (SSSR count). The Labute approximate surface area is 403 Å². The quantitative estimate of drug-likeness (QED) is 0.0221. The van der Waals surface area contributed by atoms with Crippen LogP contribution in [0.15, 0.2) is 80.9 Å². The van der Waals surface area contributed by atoms with Crippen molar-refractivity contribution in [2.45, 2.75) is 50.5 Å². The zero-order valence-corrected chi connectivity index (χ0v) is 41.2. The van der Waals surface area contributed by atoms with Gasteiger partial charge in [0, 0.05) is 86.1 Å². The highest BCUT2D eigenvalue weighted by molar-refractivity contribution is 7.66. The molecule has 1 aromatic heterocycles. The number of anilines is 1. The topological polar surface area (TPSA) is 359 Å². The number of hydrogen-bond acceptors (Lipinski definition) is 15. The van der Waals surface area contributed by atoms with Crippen molar-refractivity contribution in [1.29, 1.82) is 0 Å². The summed E-state index contributed by atoms with van der Waals surface area (Å²) in [6.45, 7) is -0.724. The number of aliphatic hydroxyl groups excluding tert-OH is 1. The van der Waals surface area contributed by atoms with E-state index in [4.69, 9.17) is 18.9 Å². The van der Waals surface area contributed by atoms with Gasteiger partial charge in [0.15, 0.2) is 0 Å². The largest absolute Gasteiger partial charge is 0.490 e. The number of amides is 2. The van der Waals surface area contributed by atoms with Gasteiger partial charge in [0.25, 0.3) is 11.5 Å². The van der Waals surface area contributed by atoms with Crippen LogP contribution in [0.1, 0.15) is 64.6 Å². The number of aromatic nitrogens is 2. The van der Waals surface area contributed by atoms with Crippen molar-refractivity contribution < 1.29 is 80.2 Å². The van der Waals surface area contributed by atoms with Gasteiger partial charge in [-0.1, -0.05) is 24.6 Å². The van der Waals surface area contributed by atoms with Gasteiger partial charge in [0.2, 0.25) is 11.3 Å². The average molecular weight is 1050 g/mol. The number of carboxylic acids is 1. The number of phosphoric ester groups is 1. The van der Waals surface area contributed by atoms with Gasteiger partial charge in [-0.2, -0.15) is 8.62 Å². The van der Waals surface area contributed by atoms with E-state index in [1.165, 1.54) is 18.2 Å². The van der Waals surface area contributed by atoms with Crippen LogP contribution in [-0.4, -0.2) is 117 Å². The van der Waals surface area contributed by atoms with Gasteiger partial charge in [0.1, 0.15) is 37.8 Å². The fourth-order valence-corrected chi connectivity index (χ4v) is 10.5. The van der Waals surface area contributed by atoms with Gasteiger partial charge in [-0.05, 0) is 48.7 Å². The molecule has 2 amide bonds. The highest BCUT2D eigenvalue weighted by Crippen LogP contribution is 2.66. The predicted octanol–water partition coefficient (Wildman–Crippen LogP) is 2.96. The number of phosphoric acid groups is 3. The fraction of sp³-hybridized carbons (Fsp3) is 0.349. The molecule has 382 valence electrons. The summed E-state index contributed by atoms with van der Waals surface area (Å²) in [5.41, 5.74) is 1.51. The van der Waals surface area contributed by atoms with E-state index >= 15 is 0 Å². The average Bonchev–Trinajstić information content (AvgIpc) is 3.65. The molecule has 2 aliphatic heterocycles. The lowest BCUT2D eigenvalue weighted by Crippen LogP contribution is -2.33. The standard InChI is InChI=1S/C43H51N6O19P3/c1-47(2)27-12-15-30-34(20-27)65-35-21-28(48(3)4)13-16-31(35)39(30)29-14-11-25(19-32(29)42(54)55)40(52)45-17-7-5-6-10-37(51)44-18-8-9-26-23-49(43(56)46-41(26)53)38-22-33(50)36(66-38)24-64-70(60,61)68-71(62,63)67-69(57,58)59/h8-9,11-16,19-21,23,33,36,38,50H,5-7,10,17-18,22,24H2,1-4H3,(H7-,44,45,46,51,52,53,54,55,56,57,58,59,60,61,62,63)/p+1/b9-8+/t33-,36+,38+/m0/s1. The SMILES string of the molecule is CN(C)c1ccc2c(-c3ccc(C(=O)NCCCCCC(=O)NC/C=C/c4cn([C@H]5C[C@H](O)[C@@H](COP(=O)(O)OP(=O)(O)OP(=O)(O)O)O5)c(=O)[nH]c4=O)cc3C(=O)O)c3ccc(=[N+](C)C)cc-3oc2c1. The van der Waals surface area contributed by atoms with E-state index in [9.17, 15) is 57.7 Å². The number of aromatic amines is 1. The summed E-state index contributed by atoms with van der Waals surface area (Å²) in [4.78, 5) is 104. The summed E-state index contributed by atoms with van der Waals surface area (Å²) in [6, 6.07) is 16.0. The minimum absolute atomic E-state index is 0.00723. The van der Waals surface area contributed by atoms with Crippen LogP contribution in [0, 0.1) is 0 Å². The van der Waals surface area contributed by atoms with Crippen LogP contribution in [-0.2, 0) is 36.4 Å². The second-order valence-corrected chi connectivity index (χ2v) is 21.0. The van der Waals surface area contributed by atoms with E-state index in [1.54, 1.807) is 12.1 Å². The number of H-pyrrole nitrogens is 1. The van der Waals surface area contributed by atoms with Crippen molar-refractivity contribution in [3.63, 3.8) is 0 Å². The van der Waals surface area contributed by atoms with Gasteiger partial charge in [-0.15, -0.1) is 0 Å². The molecule has 2 aromatic carbocycles. The highest BCUT2D eigenvalue weighted by atomic mass is 31.3. The van der Waals surface area contributed by atoms with Crippen LogP contribution >= 0.6 is 23.5 Å². The van der Waals surface area contributed by atoms with Crippen molar-refractivity contribution in [2.75, 3.05) is 52.8 Å². The summed E-state index contributed by atoms with van der Waals surface area (Å²) in [5.74, 6) is -1.42. The molecule has 9 N–H and O–H groups in total. The number of carboxylic acid groups (broad SMARTS) is 1. The third kappa shape index (κ3) is 14.4. The van der Waals surface area contributed by atoms with E-state index in [1.807, 2.05) is 74.1 Å². The third-order valence-corrected chi connectivity index (χ3v) is 14.7. The van der Waals surface area contributed by atoms with Gasteiger partial charge in [-0.25, -0.2) is 27.9 Å². The highest BCUT2D eigenvalue weighted by Gasteiger charge is 2.43. The Kier molecular flexibility index (Phi) is 17.4. The summed E-state index contributed by atoms with van der Waals surface area (Å²) in [6.07, 6.45) is 1.11. The normalized spacial score (nSPS) is 17.8. The predicted molar refractivity (Wildman–Crippen MR) is 255 cm³/mol. The molecular weight excluding hydrogens is 997 g/mol. The van der Waals surface area contributed by atoms with Crippen LogP contribution in [0.25, 0.3) is 39.5 Å². The van der Waals surface area contributed by atoms with E-state index in [2.05, 4.69) is 28.8 Å². The summed E-state index contributed by atoms with van der Waals surface area (Å²) in [7, 11) is -9.31. The minimum Gasteiger partial charge on any atom is -0.478 e. The summed E-state index contributed by atoms with van der Waals surface area (Å²) in [5, 5.41) is 27.9. The Morgan fingerprint density at radius 3 is 2.35 bits per heavy atom.